The van der Waals surface area contributed by atoms with Crippen LogP contribution in [0.3, 0.4) is 0 Å². The molecule has 0 saturated carbocycles. The average molecular weight is 247 g/mol. The molecule has 1 saturated heterocycles. The summed E-state index contributed by atoms with van der Waals surface area (Å²) in [5.74, 6) is 1.30. The highest BCUT2D eigenvalue weighted by Crippen LogP contribution is 2.44. The van der Waals surface area contributed by atoms with Gasteiger partial charge in [0.25, 0.3) is 0 Å². The van der Waals surface area contributed by atoms with Crippen molar-refractivity contribution in [3.05, 3.63) is 35.4 Å². The van der Waals surface area contributed by atoms with Crippen LogP contribution in [0, 0.1) is 0 Å². The van der Waals surface area contributed by atoms with Gasteiger partial charge in [0.1, 0.15) is 0 Å². The third kappa shape index (κ3) is 2.13. The molecular weight excluding hydrogens is 226 g/mol. The highest BCUT2D eigenvalue weighted by Gasteiger charge is 2.35. The number of fused-ring (bicyclic) bond motifs is 3. The first kappa shape index (κ1) is 11.6. The topological polar surface area (TPSA) is 3.24 Å². The molecule has 2 atom stereocenters. The first-order valence-electron chi connectivity index (χ1n) is 6.83. The number of nitrogens with zero attached hydrogens (tertiary/aromatic N) is 1. The van der Waals surface area contributed by atoms with Gasteiger partial charge in [0.15, 0.2) is 0 Å². The van der Waals surface area contributed by atoms with Crippen LogP contribution in [0.15, 0.2) is 24.3 Å². The number of rotatable bonds is 2. The van der Waals surface area contributed by atoms with Gasteiger partial charge in [0.05, 0.1) is 0 Å². The molecule has 1 heterocycles. The summed E-state index contributed by atoms with van der Waals surface area (Å²) in [6.45, 7) is 4.87. The molecule has 92 valence electrons. The lowest BCUT2D eigenvalue weighted by atomic mass is 9.86. The van der Waals surface area contributed by atoms with Crippen LogP contribution in [-0.2, 0) is 6.42 Å². The van der Waals surface area contributed by atoms with E-state index in [-0.39, 0.29) is 0 Å². The minimum absolute atomic E-state index is 0.736. The molecule has 0 unspecified atom stereocenters. The fourth-order valence-corrected chi connectivity index (χ4v) is 4.84. The van der Waals surface area contributed by atoms with Crippen LogP contribution in [0.5, 0.6) is 0 Å². The number of hydrogen-bond donors (Lipinski definition) is 0. The Bertz CT molecular complexity index is 388. The van der Waals surface area contributed by atoms with E-state index in [1.807, 2.05) is 0 Å². The molecule has 1 aromatic rings. The highest BCUT2D eigenvalue weighted by atomic mass is 32.2. The molecule has 2 aliphatic rings. The van der Waals surface area contributed by atoms with Crippen LogP contribution >= 0.6 is 11.8 Å². The SMILES string of the molecule is CCCN1CCS[C@@H]2c3ccccc3CC[C@H]21. The summed E-state index contributed by atoms with van der Waals surface area (Å²) >= 11 is 2.18. The van der Waals surface area contributed by atoms with Gasteiger partial charge in [-0.25, -0.2) is 0 Å². The van der Waals surface area contributed by atoms with E-state index in [9.17, 15) is 0 Å². The van der Waals surface area contributed by atoms with Gasteiger partial charge in [0, 0.05) is 23.6 Å². The van der Waals surface area contributed by atoms with Crippen molar-refractivity contribution in [2.24, 2.45) is 0 Å². The molecule has 2 heteroatoms. The largest absolute Gasteiger partial charge is 0.298 e. The molecule has 0 radical (unpaired) electrons. The van der Waals surface area contributed by atoms with Crippen molar-refractivity contribution < 1.29 is 0 Å². The lowest BCUT2D eigenvalue weighted by Crippen LogP contribution is -2.46. The Morgan fingerprint density at radius 1 is 1.35 bits per heavy atom. The predicted octanol–water partition coefficient (Wildman–Crippen LogP) is 3.50. The Hall–Kier alpha value is -0.470. The second kappa shape index (κ2) is 5.03. The normalized spacial score (nSPS) is 28.5. The van der Waals surface area contributed by atoms with E-state index < -0.39 is 0 Å². The lowest BCUT2D eigenvalue weighted by Gasteiger charge is -2.44. The van der Waals surface area contributed by atoms with Crippen molar-refractivity contribution in [2.75, 3.05) is 18.8 Å². The number of aryl methyl sites for hydroxylation is 1. The molecule has 17 heavy (non-hydrogen) atoms. The fraction of sp³-hybridized carbons (Fsp3) is 0.600. The molecule has 1 fully saturated rings. The van der Waals surface area contributed by atoms with Gasteiger partial charge in [0.2, 0.25) is 0 Å². The van der Waals surface area contributed by atoms with E-state index >= 15 is 0 Å². The van der Waals surface area contributed by atoms with E-state index in [2.05, 4.69) is 47.9 Å². The van der Waals surface area contributed by atoms with E-state index in [1.54, 1.807) is 11.1 Å². The first-order valence-corrected chi connectivity index (χ1v) is 7.88. The highest BCUT2D eigenvalue weighted by molar-refractivity contribution is 7.99. The van der Waals surface area contributed by atoms with E-state index in [1.165, 1.54) is 38.1 Å². The maximum Gasteiger partial charge on any atom is 0.0456 e. The summed E-state index contributed by atoms with van der Waals surface area (Å²) in [5.41, 5.74) is 3.22. The Kier molecular flexibility index (Phi) is 3.44. The van der Waals surface area contributed by atoms with Gasteiger partial charge in [-0.1, -0.05) is 31.2 Å². The predicted molar refractivity (Wildman–Crippen MR) is 75.6 cm³/mol. The maximum absolute atomic E-state index is 2.73. The molecule has 0 spiro atoms. The Morgan fingerprint density at radius 2 is 2.24 bits per heavy atom. The van der Waals surface area contributed by atoms with Crippen molar-refractivity contribution in [2.45, 2.75) is 37.5 Å². The molecule has 0 amide bonds. The van der Waals surface area contributed by atoms with E-state index in [0.717, 1.165) is 11.3 Å². The van der Waals surface area contributed by atoms with Gasteiger partial charge >= 0.3 is 0 Å². The lowest BCUT2D eigenvalue weighted by molar-refractivity contribution is 0.180. The minimum atomic E-state index is 0.736. The van der Waals surface area contributed by atoms with Gasteiger partial charge < -0.3 is 0 Å². The zero-order chi connectivity index (χ0) is 11.7. The number of thioether (sulfide) groups is 1. The minimum Gasteiger partial charge on any atom is -0.298 e. The fourth-order valence-electron chi connectivity index (χ4n) is 3.30. The van der Waals surface area contributed by atoms with Gasteiger partial charge in [-0.3, -0.25) is 4.90 Å². The van der Waals surface area contributed by atoms with Crippen LogP contribution in [0.1, 0.15) is 36.1 Å². The molecule has 3 rings (SSSR count). The number of hydrogen-bond acceptors (Lipinski definition) is 2. The zero-order valence-electron chi connectivity index (χ0n) is 10.6. The molecule has 0 bridgehead atoms. The molecule has 1 nitrogen and oxygen atoms in total. The Balaban J connectivity index is 1.88. The van der Waals surface area contributed by atoms with E-state index in [0.29, 0.717) is 0 Å². The first-order chi connectivity index (χ1) is 8.40. The van der Waals surface area contributed by atoms with Crippen molar-refractivity contribution in [3.63, 3.8) is 0 Å². The van der Waals surface area contributed by atoms with Gasteiger partial charge in [-0.2, -0.15) is 11.8 Å². The van der Waals surface area contributed by atoms with Crippen LogP contribution in [0.4, 0.5) is 0 Å². The van der Waals surface area contributed by atoms with Crippen LogP contribution < -0.4 is 0 Å². The van der Waals surface area contributed by atoms with Crippen molar-refractivity contribution in [1.82, 2.24) is 4.90 Å². The summed E-state index contributed by atoms with van der Waals surface area (Å²) in [4.78, 5) is 2.73. The van der Waals surface area contributed by atoms with Crippen LogP contribution in [-0.4, -0.2) is 29.8 Å². The molecule has 0 aromatic heterocycles. The Morgan fingerprint density at radius 3 is 3.12 bits per heavy atom. The second-order valence-electron chi connectivity index (χ2n) is 5.13. The molecule has 0 N–H and O–H groups in total. The standard InChI is InChI=1S/C15H21NS/c1-2-9-16-10-11-17-15-13-6-4-3-5-12(13)7-8-14(15)16/h3-6,14-15H,2,7-11H2,1H3/t14-,15-/m1/s1. The molecule has 1 aliphatic heterocycles. The Labute approximate surface area is 109 Å². The van der Waals surface area contributed by atoms with Gasteiger partial charge in [-0.05, 0) is 36.9 Å². The van der Waals surface area contributed by atoms with Gasteiger partial charge in [-0.15, -0.1) is 0 Å². The van der Waals surface area contributed by atoms with Crippen LogP contribution in [0.2, 0.25) is 0 Å². The van der Waals surface area contributed by atoms with Crippen molar-refractivity contribution in [3.8, 4) is 0 Å². The number of benzene rings is 1. The second-order valence-corrected chi connectivity index (χ2v) is 6.38. The molecular formula is C15H21NS. The van der Waals surface area contributed by atoms with Crippen LogP contribution in [0.25, 0.3) is 0 Å². The summed E-state index contributed by atoms with van der Waals surface area (Å²) in [5, 5.41) is 0.736. The summed E-state index contributed by atoms with van der Waals surface area (Å²) in [6, 6.07) is 9.87. The summed E-state index contributed by atoms with van der Waals surface area (Å²) in [6.07, 6.45) is 3.92. The van der Waals surface area contributed by atoms with Crippen molar-refractivity contribution >= 4 is 11.8 Å². The molecule has 1 aliphatic carbocycles. The average Bonchev–Trinajstić information content (AvgIpc) is 2.39. The summed E-state index contributed by atoms with van der Waals surface area (Å²) in [7, 11) is 0. The third-order valence-corrected chi connectivity index (χ3v) is 5.42. The van der Waals surface area contributed by atoms with E-state index in [4.69, 9.17) is 0 Å². The molecule has 1 aromatic carbocycles. The smallest absolute Gasteiger partial charge is 0.0456 e. The third-order valence-electron chi connectivity index (χ3n) is 4.08. The summed E-state index contributed by atoms with van der Waals surface area (Å²) < 4.78 is 0. The quantitative estimate of drug-likeness (QED) is 0.787. The maximum atomic E-state index is 2.73. The van der Waals surface area contributed by atoms with Crippen molar-refractivity contribution in [1.29, 1.82) is 0 Å². The monoisotopic (exact) mass is 247 g/mol. The zero-order valence-corrected chi connectivity index (χ0v) is 11.4.